The van der Waals surface area contributed by atoms with Crippen LogP contribution in [0.25, 0.3) is 0 Å². The molecular weight excluding hydrogens is 426 g/mol. The highest BCUT2D eigenvalue weighted by molar-refractivity contribution is 5.96. The van der Waals surface area contributed by atoms with Crippen LogP contribution in [0.5, 0.6) is 17.2 Å². The molecule has 0 aliphatic carbocycles. The highest BCUT2D eigenvalue weighted by Gasteiger charge is 2.17. The van der Waals surface area contributed by atoms with Gasteiger partial charge in [0.1, 0.15) is 17.1 Å². The van der Waals surface area contributed by atoms with E-state index in [9.17, 15) is 9.59 Å². The van der Waals surface area contributed by atoms with Crippen molar-refractivity contribution in [3.63, 3.8) is 0 Å². The smallest absolute Gasteiger partial charge is 0.342 e. The summed E-state index contributed by atoms with van der Waals surface area (Å²) in [5.41, 5.74) is 1.79. The molecule has 2 aromatic carbocycles. The number of rotatable bonds is 9. The van der Waals surface area contributed by atoms with Crippen molar-refractivity contribution >= 4 is 23.4 Å². The van der Waals surface area contributed by atoms with Crippen molar-refractivity contribution in [2.24, 2.45) is 0 Å². The first kappa shape index (κ1) is 21.9. The summed E-state index contributed by atoms with van der Waals surface area (Å²) >= 11 is 0. The number of ether oxygens (including phenoxy) is 4. The number of hydrogen-bond acceptors (Lipinski definition) is 8. The van der Waals surface area contributed by atoms with Crippen molar-refractivity contribution in [1.82, 2.24) is 10.3 Å². The number of hydrogen-bond donors (Lipinski definition) is 2. The van der Waals surface area contributed by atoms with Gasteiger partial charge in [-0.25, -0.2) is 9.78 Å². The number of carbonyl (C=O) groups excluding carboxylic acids is 2. The lowest BCUT2D eigenvalue weighted by molar-refractivity contribution is -0.124. The summed E-state index contributed by atoms with van der Waals surface area (Å²) in [7, 11) is 0. The molecule has 3 aromatic rings. The molecule has 2 heterocycles. The van der Waals surface area contributed by atoms with Crippen molar-refractivity contribution in [2.75, 3.05) is 25.3 Å². The SMILES string of the molecule is CCOc1ccc(Nc2ncccc2C(=O)OCC(=O)NCc2ccc3c(c2)OCO3)cc1. The maximum absolute atomic E-state index is 12.6. The Morgan fingerprint density at radius 2 is 1.88 bits per heavy atom. The van der Waals surface area contributed by atoms with Crippen LogP contribution in [-0.4, -0.2) is 36.9 Å². The van der Waals surface area contributed by atoms with Crippen molar-refractivity contribution < 1.29 is 28.5 Å². The molecule has 33 heavy (non-hydrogen) atoms. The number of pyridine rings is 1. The van der Waals surface area contributed by atoms with Crippen LogP contribution < -0.4 is 24.8 Å². The molecule has 0 fully saturated rings. The quantitative estimate of drug-likeness (QED) is 0.479. The Balaban J connectivity index is 1.30. The molecule has 1 aliphatic rings. The molecular formula is C24H23N3O6. The Bertz CT molecular complexity index is 1130. The second kappa shape index (κ2) is 10.4. The lowest BCUT2D eigenvalue weighted by Gasteiger charge is -2.11. The monoisotopic (exact) mass is 449 g/mol. The van der Waals surface area contributed by atoms with Gasteiger partial charge < -0.3 is 29.6 Å². The largest absolute Gasteiger partial charge is 0.494 e. The summed E-state index contributed by atoms with van der Waals surface area (Å²) < 4.78 is 21.2. The fourth-order valence-electron chi connectivity index (χ4n) is 3.12. The molecule has 0 unspecified atom stereocenters. The Morgan fingerprint density at radius 1 is 1.06 bits per heavy atom. The van der Waals surface area contributed by atoms with Gasteiger partial charge in [-0.15, -0.1) is 0 Å². The Labute approximate surface area is 190 Å². The first-order valence-corrected chi connectivity index (χ1v) is 10.4. The molecule has 2 N–H and O–H groups in total. The maximum atomic E-state index is 12.6. The van der Waals surface area contributed by atoms with Crippen LogP contribution in [0.2, 0.25) is 0 Å². The van der Waals surface area contributed by atoms with Crippen LogP contribution in [0.1, 0.15) is 22.8 Å². The van der Waals surface area contributed by atoms with E-state index in [1.165, 1.54) is 0 Å². The summed E-state index contributed by atoms with van der Waals surface area (Å²) in [5, 5.41) is 5.80. The third-order valence-electron chi connectivity index (χ3n) is 4.72. The molecule has 0 bridgehead atoms. The lowest BCUT2D eigenvalue weighted by atomic mass is 10.2. The molecule has 4 rings (SSSR count). The molecule has 0 spiro atoms. The molecule has 170 valence electrons. The molecule has 0 saturated heterocycles. The van der Waals surface area contributed by atoms with Crippen LogP contribution in [0.3, 0.4) is 0 Å². The van der Waals surface area contributed by atoms with E-state index in [4.69, 9.17) is 18.9 Å². The minimum Gasteiger partial charge on any atom is -0.494 e. The standard InChI is InChI=1S/C24H23N3O6/c1-2-30-18-8-6-17(7-9-18)27-23-19(4-3-11-25-23)24(29)31-14-22(28)26-13-16-5-10-20-21(12-16)33-15-32-20/h3-12H,2,13-15H2,1H3,(H,25,27)(H,26,28). The zero-order valence-electron chi connectivity index (χ0n) is 18.0. The van der Waals surface area contributed by atoms with E-state index in [1.807, 2.05) is 37.3 Å². The van der Waals surface area contributed by atoms with Gasteiger partial charge in [0.15, 0.2) is 18.1 Å². The summed E-state index contributed by atoms with van der Waals surface area (Å²) in [6.45, 7) is 2.53. The fraction of sp³-hybridized carbons (Fsp3) is 0.208. The molecule has 0 radical (unpaired) electrons. The second-order valence-corrected chi connectivity index (χ2v) is 7.02. The van der Waals surface area contributed by atoms with E-state index in [-0.39, 0.29) is 18.9 Å². The number of fused-ring (bicyclic) bond motifs is 1. The van der Waals surface area contributed by atoms with Gasteiger partial charge in [-0.1, -0.05) is 6.07 Å². The van der Waals surface area contributed by atoms with Gasteiger partial charge in [0.05, 0.1) is 6.61 Å². The van der Waals surface area contributed by atoms with Crippen LogP contribution in [-0.2, 0) is 16.1 Å². The number of anilines is 2. The number of carbonyl (C=O) groups is 2. The predicted molar refractivity (Wildman–Crippen MR) is 120 cm³/mol. The van der Waals surface area contributed by atoms with Crippen LogP contribution in [0.4, 0.5) is 11.5 Å². The van der Waals surface area contributed by atoms with Crippen LogP contribution >= 0.6 is 0 Å². The zero-order chi connectivity index (χ0) is 23.0. The lowest BCUT2D eigenvalue weighted by Crippen LogP contribution is -2.28. The third-order valence-corrected chi connectivity index (χ3v) is 4.72. The zero-order valence-corrected chi connectivity index (χ0v) is 18.0. The Kier molecular flexibility index (Phi) is 6.89. The van der Waals surface area contributed by atoms with Crippen LogP contribution in [0.15, 0.2) is 60.8 Å². The first-order valence-electron chi connectivity index (χ1n) is 10.4. The van der Waals surface area contributed by atoms with E-state index in [1.54, 1.807) is 30.5 Å². The molecule has 0 atom stereocenters. The molecule has 9 heteroatoms. The van der Waals surface area contributed by atoms with Gasteiger partial charge in [0.2, 0.25) is 6.79 Å². The topological polar surface area (TPSA) is 108 Å². The minimum absolute atomic E-state index is 0.185. The average Bonchev–Trinajstić information content (AvgIpc) is 3.31. The van der Waals surface area contributed by atoms with Crippen LogP contribution in [0, 0.1) is 0 Å². The molecule has 1 amide bonds. The first-order chi connectivity index (χ1) is 16.1. The van der Waals surface area contributed by atoms with Gasteiger partial charge >= 0.3 is 5.97 Å². The number of nitrogens with zero attached hydrogens (tertiary/aromatic N) is 1. The number of esters is 1. The predicted octanol–water partition coefficient (Wildman–Crippen LogP) is 3.43. The molecule has 1 aliphatic heterocycles. The Hall–Kier alpha value is -4.27. The summed E-state index contributed by atoms with van der Waals surface area (Å²) in [6.07, 6.45) is 1.56. The third kappa shape index (κ3) is 5.70. The van der Waals surface area contributed by atoms with Gasteiger partial charge in [0, 0.05) is 18.4 Å². The van der Waals surface area contributed by atoms with Gasteiger partial charge in [-0.2, -0.15) is 0 Å². The number of benzene rings is 2. The highest BCUT2D eigenvalue weighted by Crippen LogP contribution is 2.32. The fourth-order valence-corrected chi connectivity index (χ4v) is 3.12. The van der Waals surface area contributed by atoms with Crippen molar-refractivity contribution in [2.45, 2.75) is 13.5 Å². The normalized spacial score (nSPS) is 11.5. The molecule has 9 nitrogen and oxygen atoms in total. The van der Waals surface area contributed by atoms with Gasteiger partial charge in [-0.3, -0.25) is 4.79 Å². The summed E-state index contributed by atoms with van der Waals surface area (Å²) in [6, 6.07) is 15.9. The summed E-state index contributed by atoms with van der Waals surface area (Å²) in [5.74, 6) is 1.30. The van der Waals surface area contributed by atoms with Gasteiger partial charge in [0.25, 0.3) is 5.91 Å². The second-order valence-electron chi connectivity index (χ2n) is 7.02. The van der Waals surface area contributed by atoms with Crippen molar-refractivity contribution in [1.29, 1.82) is 0 Å². The average molecular weight is 449 g/mol. The minimum atomic E-state index is -0.658. The van der Waals surface area contributed by atoms with Gasteiger partial charge in [-0.05, 0) is 61.0 Å². The molecule has 1 aromatic heterocycles. The summed E-state index contributed by atoms with van der Waals surface area (Å²) in [4.78, 5) is 28.9. The molecule has 0 saturated carbocycles. The van der Waals surface area contributed by atoms with E-state index in [0.29, 0.717) is 23.9 Å². The van der Waals surface area contributed by atoms with E-state index >= 15 is 0 Å². The van der Waals surface area contributed by atoms with Crippen molar-refractivity contribution in [3.8, 4) is 17.2 Å². The number of aromatic nitrogens is 1. The van der Waals surface area contributed by atoms with E-state index in [0.717, 1.165) is 17.0 Å². The highest BCUT2D eigenvalue weighted by atomic mass is 16.7. The van der Waals surface area contributed by atoms with E-state index < -0.39 is 18.5 Å². The van der Waals surface area contributed by atoms with E-state index in [2.05, 4.69) is 15.6 Å². The maximum Gasteiger partial charge on any atom is 0.342 e. The number of amides is 1. The van der Waals surface area contributed by atoms with Crippen molar-refractivity contribution in [3.05, 3.63) is 71.9 Å². The number of nitrogens with one attached hydrogen (secondary N) is 2. The Morgan fingerprint density at radius 3 is 2.70 bits per heavy atom.